The fourth-order valence-corrected chi connectivity index (χ4v) is 4.36. The molecule has 5 rings (SSSR count). The highest BCUT2D eigenvalue weighted by Gasteiger charge is 2.26. The van der Waals surface area contributed by atoms with Crippen LogP contribution in [0.15, 0.2) is 75.9 Å². The molecule has 0 spiro atoms. The van der Waals surface area contributed by atoms with Crippen LogP contribution in [0.2, 0.25) is 0 Å². The van der Waals surface area contributed by atoms with Crippen molar-refractivity contribution in [1.29, 1.82) is 0 Å². The Labute approximate surface area is 191 Å². The second-order valence-electron chi connectivity index (χ2n) is 7.92. The lowest BCUT2D eigenvalue weighted by Gasteiger charge is -2.33. The third-order valence-corrected chi connectivity index (χ3v) is 5.84. The molecule has 0 saturated carbocycles. The molecular formula is C27H23NO5. The van der Waals surface area contributed by atoms with E-state index in [0.717, 1.165) is 33.3 Å². The summed E-state index contributed by atoms with van der Waals surface area (Å²) in [5.41, 5.74) is 4.88. The van der Waals surface area contributed by atoms with Gasteiger partial charge in [-0.25, -0.2) is 9.59 Å². The number of benzene rings is 3. The Morgan fingerprint density at radius 3 is 2.61 bits per heavy atom. The second kappa shape index (κ2) is 8.47. The van der Waals surface area contributed by atoms with E-state index in [1.807, 2.05) is 66.4 Å². The van der Waals surface area contributed by atoms with Gasteiger partial charge in [0.1, 0.15) is 11.3 Å². The van der Waals surface area contributed by atoms with Crippen LogP contribution in [0.25, 0.3) is 22.1 Å². The predicted molar refractivity (Wildman–Crippen MR) is 127 cm³/mol. The number of carbonyl (C=O) groups is 1. The minimum absolute atomic E-state index is 0.262. The lowest BCUT2D eigenvalue weighted by atomic mass is 9.96. The number of aryl methyl sites for hydroxylation is 1. The molecule has 0 amide bonds. The first-order chi connectivity index (χ1) is 16.1. The first-order valence-corrected chi connectivity index (χ1v) is 10.9. The van der Waals surface area contributed by atoms with E-state index >= 15 is 0 Å². The number of ether oxygens (including phenoxy) is 2. The van der Waals surface area contributed by atoms with Crippen LogP contribution < -0.4 is 15.3 Å². The highest BCUT2D eigenvalue weighted by atomic mass is 16.5. The molecule has 166 valence electrons. The Morgan fingerprint density at radius 2 is 1.82 bits per heavy atom. The van der Waals surface area contributed by atoms with Gasteiger partial charge < -0.3 is 18.8 Å². The Bertz CT molecular complexity index is 1410. The van der Waals surface area contributed by atoms with Crippen LogP contribution in [-0.4, -0.2) is 19.3 Å². The maximum Gasteiger partial charge on any atom is 0.340 e. The van der Waals surface area contributed by atoms with Crippen molar-refractivity contribution in [2.45, 2.75) is 20.4 Å². The summed E-state index contributed by atoms with van der Waals surface area (Å²) >= 11 is 0. The molecule has 0 fully saturated rings. The third-order valence-electron chi connectivity index (χ3n) is 5.84. The summed E-state index contributed by atoms with van der Waals surface area (Å²) in [5, 5.41) is 0.848. The minimum Gasteiger partial charge on any atom is -0.472 e. The number of hydrogen-bond acceptors (Lipinski definition) is 6. The van der Waals surface area contributed by atoms with E-state index in [9.17, 15) is 9.59 Å². The molecule has 33 heavy (non-hydrogen) atoms. The molecular weight excluding hydrogens is 418 g/mol. The maximum absolute atomic E-state index is 12.5. The number of nitrogens with zero attached hydrogens (tertiary/aromatic N) is 1. The minimum atomic E-state index is -0.398. The highest BCUT2D eigenvalue weighted by molar-refractivity contribution is 5.97. The van der Waals surface area contributed by atoms with Crippen molar-refractivity contribution in [1.82, 2.24) is 0 Å². The van der Waals surface area contributed by atoms with Gasteiger partial charge in [-0.2, -0.15) is 0 Å². The summed E-state index contributed by atoms with van der Waals surface area (Å²) in [6.07, 6.45) is 0. The van der Waals surface area contributed by atoms with Crippen LogP contribution in [0.5, 0.6) is 5.75 Å². The SMILES string of the molecule is CCOC(=O)c1ccccc1N1COc2c(cc3c(-c4ccccc4)cc(=O)oc3c2C)C1. The molecule has 0 radical (unpaired) electrons. The van der Waals surface area contributed by atoms with Crippen LogP contribution >= 0.6 is 0 Å². The number of anilines is 1. The molecule has 6 nitrogen and oxygen atoms in total. The average Bonchev–Trinajstić information content (AvgIpc) is 2.84. The van der Waals surface area contributed by atoms with E-state index < -0.39 is 5.63 Å². The van der Waals surface area contributed by atoms with E-state index in [4.69, 9.17) is 13.9 Å². The number of esters is 1. The van der Waals surface area contributed by atoms with Gasteiger partial charge in [0.15, 0.2) is 6.73 Å². The Kier molecular flexibility index (Phi) is 5.34. The standard InChI is InChI=1S/C27H23NO5/c1-3-31-27(30)20-11-7-8-12-23(20)28-15-19-13-22-21(18-9-5-4-6-10-18)14-24(29)33-26(22)17(2)25(19)32-16-28/h4-14H,3,15-16H2,1-2H3. The van der Waals surface area contributed by atoms with Gasteiger partial charge in [-0.15, -0.1) is 0 Å². The van der Waals surface area contributed by atoms with E-state index in [0.29, 0.717) is 30.0 Å². The zero-order chi connectivity index (χ0) is 22.9. The van der Waals surface area contributed by atoms with Crippen LogP contribution in [0.1, 0.15) is 28.4 Å². The molecule has 2 heterocycles. The zero-order valence-corrected chi connectivity index (χ0v) is 18.5. The number of hydrogen-bond donors (Lipinski definition) is 0. The molecule has 4 aromatic rings. The Balaban J connectivity index is 1.62. The number of para-hydroxylation sites is 1. The van der Waals surface area contributed by atoms with Crippen LogP contribution in [0, 0.1) is 6.92 Å². The maximum atomic E-state index is 12.5. The first kappa shape index (κ1) is 20.8. The number of fused-ring (bicyclic) bond motifs is 2. The van der Waals surface area contributed by atoms with Crippen molar-refractivity contribution in [2.24, 2.45) is 0 Å². The van der Waals surface area contributed by atoms with Crippen molar-refractivity contribution < 1.29 is 18.7 Å². The second-order valence-corrected chi connectivity index (χ2v) is 7.92. The van der Waals surface area contributed by atoms with Gasteiger partial charge in [-0.3, -0.25) is 0 Å². The van der Waals surface area contributed by atoms with Crippen LogP contribution in [-0.2, 0) is 11.3 Å². The monoisotopic (exact) mass is 441 g/mol. The summed E-state index contributed by atoms with van der Waals surface area (Å²) in [7, 11) is 0. The van der Waals surface area contributed by atoms with Crippen molar-refractivity contribution >= 4 is 22.6 Å². The molecule has 1 aliphatic rings. The summed E-state index contributed by atoms with van der Waals surface area (Å²) in [5.74, 6) is 0.349. The average molecular weight is 441 g/mol. The third kappa shape index (κ3) is 3.74. The van der Waals surface area contributed by atoms with E-state index in [1.165, 1.54) is 6.07 Å². The van der Waals surface area contributed by atoms with E-state index in [-0.39, 0.29) is 12.7 Å². The lowest BCUT2D eigenvalue weighted by molar-refractivity contribution is 0.0527. The van der Waals surface area contributed by atoms with Crippen molar-refractivity contribution in [3.8, 4) is 16.9 Å². The highest BCUT2D eigenvalue weighted by Crippen LogP contribution is 2.39. The van der Waals surface area contributed by atoms with Crippen LogP contribution in [0.4, 0.5) is 5.69 Å². The molecule has 3 aromatic carbocycles. The van der Waals surface area contributed by atoms with Gasteiger partial charge in [-0.05, 0) is 43.2 Å². The summed E-state index contributed by atoms with van der Waals surface area (Å²) in [6.45, 7) is 4.80. The van der Waals surface area contributed by atoms with Gasteiger partial charge in [0.05, 0.1) is 17.9 Å². The smallest absolute Gasteiger partial charge is 0.340 e. The largest absolute Gasteiger partial charge is 0.472 e. The number of rotatable bonds is 4. The molecule has 0 N–H and O–H groups in total. The fourth-order valence-electron chi connectivity index (χ4n) is 4.36. The van der Waals surface area contributed by atoms with Gasteiger partial charge in [-0.1, -0.05) is 42.5 Å². The molecule has 0 atom stereocenters. The topological polar surface area (TPSA) is 69.0 Å². The number of carbonyl (C=O) groups excluding carboxylic acids is 1. The Morgan fingerprint density at radius 1 is 1.06 bits per heavy atom. The van der Waals surface area contributed by atoms with Crippen LogP contribution in [0.3, 0.4) is 0 Å². The lowest BCUT2D eigenvalue weighted by Crippen LogP contribution is -2.33. The van der Waals surface area contributed by atoms with Gasteiger partial charge in [0.25, 0.3) is 0 Å². The van der Waals surface area contributed by atoms with Gasteiger partial charge in [0.2, 0.25) is 0 Å². The predicted octanol–water partition coefficient (Wildman–Crippen LogP) is 5.30. The molecule has 0 saturated heterocycles. The molecule has 0 aliphatic carbocycles. The molecule has 0 bridgehead atoms. The summed E-state index contributed by atoms with van der Waals surface area (Å²) in [6, 6.07) is 20.7. The zero-order valence-electron chi connectivity index (χ0n) is 18.5. The van der Waals surface area contributed by atoms with Gasteiger partial charge >= 0.3 is 11.6 Å². The van der Waals surface area contributed by atoms with E-state index in [2.05, 4.69) is 0 Å². The van der Waals surface area contributed by atoms with Crippen molar-refractivity contribution in [3.05, 3.63) is 93.8 Å². The fraction of sp³-hybridized carbons (Fsp3) is 0.185. The van der Waals surface area contributed by atoms with E-state index in [1.54, 1.807) is 13.0 Å². The summed E-state index contributed by atoms with van der Waals surface area (Å²) in [4.78, 5) is 26.8. The van der Waals surface area contributed by atoms with Gasteiger partial charge in [0, 0.05) is 29.1 Å². The molecule has 0 unspecified atom stereocenters. The summed E-state index contributed by atoms with van der Waals surface area (Å²) < 4.78 is 17.0. The molecule has 6 heteroatoms. The molecule has 1 aliphatic heterocycles. The normalized spacial score (nSPS) is 12.8. The molecule has 1 aromatic heterocycles. The Hall–Kier alpha value is -4.06. The quantitative estimate of drug-likeness (QED) is 0.316. The van der Waals surface area contributed by atoms with Crippen molar-refractivity contribution in [3.63, 3.8) is 0 Å². The van der Waals surface area contributed by atoms with Crippen molar-refractivity contribution in [2.75, 3.05) is 18.2 Å². The first-order valence-electron chi connectivity index (χ1n) is 10.9.